The molecule has 9 heteroatoms. The van der Waals surface area contributed by atoms with Crippen LogP contribution in [0.15, 0.2) is 30.5 Å². The molecule has 1 aromatic carbocycles. The van der Waals surface area contributed by atoms with E-state index in [1.165, 1.54) is 16.8 Å². The lowest BCUT2D eigenvalue weighted by Crippen LogP contribution is -2.03. The fraction of sp³-hybridized carbons (Fsp3) is 0. The number of rotatable bonds is 3. The topological polar surface area (TPSA) is 110 Å². The molecule has 0 aliphatic carbocycles. The zero-order valence-electron chi connectivity index (χ0n) is 10.9. The number of carbonyl (C=O) groups is 1. The molecule has 0 radical (unpaired) electrons. The van der Waals surface area contributed by atoms with Gasteiger partial charge in [0.25, 0.3) is 0 Å². The Kier molecular flexibility index (Phi) is 3.51. The van der Waals surface area contributed by atoms with Crippen molar-refractivity contribution in [2.45, 2.75) is 0 Å². The molecule has 4 N–H and O–H groups in total. The van der Waals surface area contributed by atoms with Gasteiger partial charge in [0.15, 0.2) is 5.82 Å². The number of nitrogens with two attached hydrogens (primary N) is 1. The molecule has 112 valence electrons. The summed E-state index contributed by atoms with van der Waals surface area (Å²) < 4.78 is 1.50. The summed E-state index contributed by atoms with van der Waals surface area (Å²) in [6.45, 7) is 0. The van der Waals surface area contributed by atoms with E-state index in [1.807, 2.05) is 0 Å². The Morgan fingerprint density at radius 2 is 2.09 bits per heavy atom. The predicted molar refractivity (Wildman–Crippen MR) is 82.5 cm³/mol. The number of carboxylic acids is 1. The molecule has 3 rings (SSSR count). The number of aromatic amines is 1. The molecule has 22 heavy (non-hydrogen) atoms. The zero-order chi connectivity index (χ0) is 15.9. The first-order valence-electron chi connectivity index (χ1n) is 6.06. The number of H-pyrrole nitrogens is 1. The van der Waals surface area contributed by atoms with E-state index in [0.717, 1.165) is 0 Å². The maximum atomic E-state index is 11.0. The zero-order valence-corrected chi connectivity index (χ0v) is 12.4. The van der Waals surface area contributed by atoms with Crippen molar-refractivity contribution in [3.63, 3.8) is 0 Å². The number of benzene rings is 1. The van der Waals surface area contributed by atoms with Crippen LogP contribution in [0.1, 0.15) is 10.5 Å². The van der Waals surface area contributed by atoms with Gasteiger partial charge >= 0.3 is 5.97 Å². The highest BCUT2D eigenvalue weighted by molar-refractivity contribution is 6.43. The quantitative estimate of drug-likeness (QED) is 0.680. The van der Waals surface area contributed by atoms with Crippen molar-refractivity contribution in [3.8, 4) is 17.1 Å². The highest BCUT2D eigenvalue weighted by atomic mass is 35.5. The molecule has 0 atom stereocenters. The Labute approximate surface area is 134 Å². The van der Waals surface area contributed by atoms with Gasteiger partial charge in [-0.2, -0.15) is 0 Å². The van der Waals surface area contributed by atoms with Gasteiger partial charge in [0, 0.05) is 11.8 Å². The highest BCUT2D eigenvalue weighted by Crippen LogP contribution is 2.32. The number of nitrogens with one attached hydrogen (secondary N) is 1. The van der Waals surface area contributed by atoms with E-state index < -0.39 is 5.97 Å². The Bertz CT molecular complexity index is 871. The van der Waals surface area contributed by atoms with Gasteiger partial charge < -0.3 is 15.8 Å². The lowest BCUT2D eigenvalue weighted by atomic mass is 10.2. The van der Waals surface area contributed by atoms with Gasteiger partial charge in [0.2, 0.25) is 5.95 Å². The lowest BCUT2D eigenvalue weighted by Gasteiger charge is -2.10. The fourth-order valence-corrected chi connectivity index (χ4v) is 2.41. The van der Waals surface area contributed by atoms with Crippen LogP contribution in [0, 0.1) is 0 Å². The smallest absolute Gasteiger partial charge is 0.352 e. The van der Waals surface area contributed by atoms with Crippen LogP contribution < -0.4 is 5.73 Å². The number of halogens is 2. The molecule has 0 amide bonds. The van der Waals surface area contributed by atoms with Gasteiger partial charge in [-0.05, 0) is 18.2 Å². The number of aromatic nitrogens is 4. The molecule has 0 saturated carbocycles. The van der Waals surface area contributed by atoms with Crippen LogP contribution in [-0.2, 0) is 0 Å². The van der Waals surface area contributed by atoms with Crippen molar-refractivity contribution in [1.29, 1.82) is 0 Å². The third-order valence-corrected chi connectivity index (χ3v) is 3.84. The molecule has 3 aromatic rings. The van der Waals surface area contributed by atoms with E-state index in [1.54, 1.807) is 18.2 Å². The van der Waals surface area contributed by atoms with Crippen LogP contribution in [0.25, 0.3) is 17.1 Å². The summed E-state index contributed by atoms with van der Waals surface area (Å²) in [5.41, 5.74) is 6.90. The summed E-state index contributed by atoms with van der Waals surface area (Å²) in [5.74, 6) is -0.617. The standard InChI is InChI=1S/C13H9Cl2N5O2/c14-7-2-1-3-9(10(7)15)20-11(18-19-13(20)16)6-4-8(12(21)22)17-5-6/h1-5,17H,(H2,16,19)(H,21,22). The van der Waals surface area contributed by atoms with Crippen molar-refractivity contribution in [2.75, 3.05) is 5.73 Å². The molecular weight excluding hydrogens is 329 g/mol. The van der Waals surface area contributed by atoms with Gasteiger partial charge in [-0.1, -0.05) is 29.3 Å². The normalized spacial score (nSPS) is 10.8. The molecular formula is C13H9Cl2N5O2. The molecule has 0 unspecified atom stereocenters. The molecule has 0 saturated heterocycles. The summed E-state index contributed by atoms with van der Waals surface area (Å²) in [5, 5.41) is 17.4. The van der Waals surface area contributed by atoms with Crippen molar-refractivity contribution in [2.24, 2.45) is 0 Å². The maximum Gasteiger partial charge on any atom is 0.352 e. The highest BCUT2D eigenvalue weighted by Gasteiger charge is 2.19. The fourth-order valence-electron chi connectivity index (χ4n) is 2.03. The summed E-state index contributed by atoms with van der Waals surface area (Å²) in [7, 11) is 0. The Morgan fingerprint density at radius 3 is 2.77 bits per heavy atom. The van der Waals surface area contributed by atoms with E-state index in [9.17, 15) is 4.79 Å². The average molecular weight is 338 g/mol. The number of hydrogen-bond acceptors (Lipinski definition) is 4. The Hall–Kier alpha value is -2.51. The molecule has 7 nitrogen and oxygen atoms in total. The van der Waals surface area contributed by atoms with Crippen LogP contribution >= 0.6 is 23.2 Å². The number of carboxylic acid groups (broad SMARTS) is 1. The van der Waals surface area contributed by atoms with Crippen LogP contribution in [0.4, 0.5) is 5.95 Å². The van der Waals surface area contributed by atoms with Gasteiger partial charge in [0.05, 0.1) is 15.7 Å². The predicted octanol–water partition coefficient (Wildman–Crippen LogP) is 2.85. The second-order valence-corrected chi connectivity index (χ2v) is 5.18. The number of anilines is 1. The van der Waals surface area contributed by atoms with Gasteiger partial charge in [-0.15, -0.1) is 10.2 Å². The number of nitrogen functional groups attached to an aromatic ring is 1. The average Bonchev–Trinajstić information content (AvgIpc) is 3.09. The number of hydrogen-bond donors (Lipinski definition) is 3. The van der Waals surface area contributed by atoms with Crippen molar-refractivity contribution in [3.05, 3.63) is 46.2 Å². The van der Waals surface area contributed by atoms with Crippen molar-refractivity contribution < 1.29 is 9.90 Å². The Balaban J connectivity index is 2.19. The van der Waals surface area contributed by atoms with E-state index in [-0.39, 0.29) is 11.6 Å². The monoisotopic (exact) mass is 337 g/mol. The minimum Gasteiger partial charge on any atom is -0.477 e. The summed E-state index contributed by atoms with van der Waals surface area (Å²) >= 11 is 12.2. The third kappa shape index (κ3) is 2.30. The van der Waals surface area contributed by atoms with Gasteiger partial charge in [-0.25, -0.2) is 4.79 Å². The summed E-state index contributed by atoms with van der Waals surface area (Å²) in [6, 6.07) is 6.50. The SMILES string of the molecule is Nc1nnc(-c2c[nH]c(C(=O)O)c2)n1-c1cccc(Cl)c1Cl. The largest absolute Gasteiger partial charge is 0.477 e. The Morgan fingerprint density at radius 1 is 1.32 bits per heavy atom. The first-order valence-corrected chi connectivity index (χ1v) is 6.82. The minimum atomic E-state index is -1.08. The van der Waals surface area contributed by atoms with Gasteiger partial charge in [-0.3, -0.25) is 4.57 Å². The molecule has 0 spiro atoms. The molecule has 2 aromatic heterocycles. The third-order valence-electron chi connectivity index (χ3n) is 3.03. The van der Waals surface area contributed by atoms with E-state index in [2.05, 4.69) is 15.2 Å². The first kappa shape index (κ1) is 14.4. The molecule has 0 fully saturated rings. The van der Waals surface area contributed by atoms with E-state index in [0.29, 0.717) is 27.1 Å². The van der Waals surface area contributed by atoms with Crippen molar-refractivity contribution >= 4 is 35.1 Å². The first-order chi connectivity index (χ1) is 10.5. The van der Waals surface area contributed by atoms with Crippen LogP contribution in [-0.4, -0.2) is 30.8 Å². The van der Waals surface area contributed by atoms with E-state index >= 15 is 0 Å². The molecule has 0 aliphatic rings. The van der Waals surface area contributed by atoms with Gasteiger partial charge in [0.1, 0.15) is 5.69 Å². The minimum absolute atomic E-state index is 0.0281. The second-order valence-electron chi connectivity index (χ2n) is 4.40. The number of aromatic carboxylic acids is 1. The van der Waals surface area contributed by atoms with Crippen molar-refractivity contribution in [1.82, 2.24) is 19.7 Å². The summed E-state index contributed by atoms with van der Waals surface area (Å²) in [4.78, 5) is 13.6. The van der Waals surface area contributed by atoms with Crippen LogP contribution in [0.5, 0.6) is 0 Å². The maximum absolute atomic E-state index is 11.0. The number of nitrogens with zero attached hydrogens (tertiary/aromatic N) is 3. The molecule has 2 heterocycles. The molecule has 0 aliphatic heterocycles. The molecule has 0 bridgehead atoms. The second kappa shape index (κ2) is 5.36. The van der Waals surface area contributed by atoms with Crippen LogP contribution in [0.2, 0.25) is 10.0 Å². The van der Waals surface area contributed by atoms with Crippen LogP contribution in [0.3, 0.4) is 0 Å². The lowest BCUT2D eigenvalue weighted by molar-refractivity contribution is 0.0691. The van der Waals surface area contributed by atoms with E-state index in [4.69, 9.17) is 34.0 Å². The summed E-state index contributed by atoms with van der Waals surface area (Å²) in [6.07, 6.45) is 1.50.